The Morgan fingerprint density at radius 3 is 2.50 bits per heavy atom. The van der Waals surface area contributed by atoms with Gasteiger partial charge in [0, 0.05) is 25.2 Å². The highest BCUT2D eigenvalue weighted by Gasteiger charge is 2.15. The lowest BCUT2D eigenvalue weighted by molar-refractivity contribution is 0.0944. The Labute approximate surface area is 144 Å². The van der Waals surface area contributed by atoms with Crippen LogP contribution in [0.25, 0.3) is 11.1 Å². The van der Waals surface area contributed by atoms with Crippen molar-refractivity contribution in [2.45, 2.75) is 19.8 Å². The SMILES string of the molecule is C[C@@H]1CCCN(CCNC(=O)c2ccc(-c3ccccc3)cc2)C1. The molecule has 0 bridgehead atoms. The fraction of sp³-hybridized carbons (Fsp3) is 0.381. The van der Waals surface area contributed by atoms with E-state index in [-0.39, 0.29) is 5.91 Å². The van der Waals surface area contributed by atoms with E-state index in [1.807, 2.05) is 42.5 Å². The number of carbonyl (C=O) groups is 1. The molecular weight excluding hydrogens is 296 g/mol. The molecular formula is C21H26N2O. The van der Waals surface area contributed by atoms with Gasteiger partial charge in [0.1, 0.15) is 0 Å². The normalized spacial score (nSPS) is 18.3. The zero-order chi connectivity index (χ0) is 16.8. The number of amides is 1. The maximum absolute atomic E-state index is 12.3. The Balaban J connectivity index is 1.50. The smallest absolute Gasteiger partial charge is 0.251 e. The quantitative estimate of drug-likeness (QED) is 0.908. The van der Waals surface area contributed by atoms with Gasteiger partial charge in [0.15, 0.2) is 0 Å². The highest BCUT2D eigenvalue weighted by molar-refractivity contribution is 5.94. The summed E-state index contributed by atoms with van der Waals surface area (Å²) in [6, 6.07) is 18.0. The molecule has 126 valence electrons. The van der Waals surface area contributed by atoms with Crippen molar-refractivity contribution in [3.8, 4) is 11.1 Å². The van der Waals surface area contributed by atoms with Crippen molar-refractivity contribution >= 4 is 5.91 Å². The van der Waals surface area contributed by atoms with Gasteiger partial charge in [0.25, 0.3) is 5.91 Å². The van der Waals surface area contributed by atoms with E-state index in [2.05, 4.69) is 29.3 Å². The lowest BCUT2D eigenvalue weighted by atomic mass is 10.0. The van der Waals surface area contributed by atoms with E-state index >= 15 is 0 Å². The Morgan fingerprint density at radius 1 is 1.08 bits per heavy atom. The predicted molar refractivity (Wildman–Crippen MR) is 99.0 cm³/mol. The summed E-state index contributed by atoms with van der Waals surface area (Å²) in [4.78, 5) is 14.7. The fourth-order valence-corrected chi connectivity index (χ4v) is 3.36. The van der Waals surface area contributed by atoms with Crippen molar-refractivity contribution in [1.82, 2.24) is 10.2 Å². The first-order valence-electron chi connectivity index (χ1n) is 8.88. The van der Waals surface area contributed by atoms with E-state index in [9.17, 15) is 4.79 Å². The molecule has 1 fully saturated rings. The summed E-state index contributed by atoms with van der Waals surface area (Å²) in [6.45, 7) is 6.27. The zero-order valence-corrected chi connectivity index (χ0v) is 14.4. The number of hydrogen-bond acceptors (Lipinski definition) is 2. The molecule has 2 aromatic rings. The number of benzene rings is 2. The van der Waals surface area contributed by atoms with Gasteiger partial charge < -0.3 is 10.2 Å². The van der Waals surface area contributed by atoms with Gasteiger partial charge in [0.2, 0.25) is 0 Å². The van der Waals surface area contributed by atoms with Crippen molar-refractivity contribution in [2.24, 2.45) is 5.92 Å². The van der Waals surface area contributed by atoms with Gasteiger partial charge in [-0.15, -0.1) is 0 Å². The Hall–Kier alpha value is -2.13. The van der Waals surface area contributed by atoms with Gasteiger partial charge in [-0.25, -0.2) is 0 Å². The molecule has 1 N–H and O–H groups in total. The van der Waals surface area contributed by atoms with Crippen LogP contribution in [0.2, 0.25) is 0 Å². The standard InChI is InChI=1S/C21H26N2O/c1-17-6-5-14-23(16-17)15-13-22-21(24)20-11-9-19(10-12-20)18-7-3-2-4-8-18/h2-4,7-12,17H,5-6,13-16H2,1H3,(H,22,24)/t17-/m1/s1. The largest absolute Gasteiger partial charge is 0.351 e. The second-order valence-corrected chi connectivity index (χ2v) is 6.75. The van der Waals surface area contributed by atoms with Gasteiger partial charge in [-0.05, 0) is 48.6 Å². The van der Waals surface area contributed by atoms with Gasteiger partial charge >= 0.3 is 0 Å². The van der Waals surface area contributed by atoms with Crippen LogP contribution in [0, 0.1) is 5.92 Å². The van der Waals surface area contributed by atoms with Crippen molar-refractivity contribution in [2.75, 3.05) is 26.2 Å². The second-order valence-electron chi connectivity index (χ2n) is 6.75. The van der Waals surface area contributed by atoms with Crippen LogP contribution in [-0.2, 0) is 0 Å². The van der Waals surface area contributed by atoms with Crippen molar-refractivity contribution in [3.05, 3.63) is 60.2 Å². The first-order chi connectivity index (χ1) is 11.7. The minimum Gasteiger partial charge on any atom is -0.351 e. The van der Waals surface area contributed by atoms with Crippen LogP contribution in [0.1, 0.15) is 30.1 Å². The third-order valence-electron chi connectivity index (χ3n) is 4.71. The van der Waals surface area contributed by atoms with Crippen molar-refractivity contribution in [1.29, 1.82) is 0 Å². The molecule has 3 rings (SSSR count). The number of hydrogen-bond donors (Lipinski definition) is 1. The summed E-state index contributed by atoms with van der Waals surface area (Å²) in [6.07, 6.45) is 2.60. The first-order valence-corrected chi connectivity index (χ1v) is 8.88. The number of rotatable bonds is 5. The maximum Gasteiger partial charge on any atom is 0.251 e. The molecule has 0 spiro atoms. The van der Waals surface area contributed by atoms with E-state index in [0.717, 1.165) is 36.7 Å². The van der Waals surface area contributed by atoms with Gasteiger partial charge in [0.05, 0.1) is 0 Å². The van der Waals surface area contributed by atoms with Crippen LogP contribution >= 0.6 is 0 Å². The number of carbonyl (C=O) groups excluding carboxylic acids is 1. The van der Waals surface area contributed by atoms with E-state index < -0.39 is 0 Å². The molecule has 1 atom stereocenters. The van der Waals surface area contributed by atoms with E-state index in [1.54, 1.807) is 0 Å². The Morgan fingerprint density at radius 2 is 1.79 bits per heavy atom. The van der Waals surface area contributed by atoms with Crippen LogP contribution in [0.4, 0.5) is 0 Å². The molecule has 24 heavy (non-hydrogen) atoms. The highest BCUT2D eigenvalue weighted by atomic mass is 16.1. The fourth-order valence-electron chi connectivity index (χ4n) is 3.36. The van der Waals surface area contributed by atoms with Crippen LogP contribution in [0.3, 0.4) is 0 Å². The maximum atomic E-state index is 12.3. The van der Waals surface area contributed by atoms with Crippen molar-refractivity contribution < 1.29 is 4.79 Å². The number of nitrogens with zero attached hydrogens (tertiary/aromatic N) is 1. The topological polar surface area (TPSA) is 32.3 Å². The van der Waals surface area contributed by atoms with E-state index in [1.165, 1.54) is 18.4 Å². The van der Waals surface area contributed by atoms with Crippen LogP contribution in [0.5, 0.6) is 0 Å². The van der Waals surface area contributed by atoms with Crippen molar-refractivity contribution in [3.63, 3.8) is 0 Å². The lowest BCUT2D eigenvalue weighted by Crippen LogP contribution is -2.40. The summed E-state index contributed by atoms with van der Waals surface area (Å²) in [5.74, 6) is 0.791. The van der Waals surface area contributed by atoms with E-state index in [4.69, 9.17) is 0 Å². The van der Waals surface area contributed by atoms with Crippen LogP contribution in [0.15, 0.2) is 54.6 Å². The highest BCUT2D eigenvalue weighted by Crippen LogP contribution is 2.19. The third kappa shape index (κ3) is 4.45. The summed E-state index contributed by atoms with van der Waals surface area (Å²) in [5, 5.41) is 3.04. The summed E-state index contributed by atoms with van der Waals surface area (Å²) < 4.78 is 0. The molecule has 1 amide bonds. The molecule has 2 aromatic carbocycles. The average Bonchev–Trinajstić information content (AvgIpc) is 2.63. The number of nitrogens with one attached hydrogen (secondary N) is 1. The zero-order valence-electron chi connectivity index (χ0n) is 14.4. The molecule has 0 aromatic heterocycles. The third-order valence-corrected chi connectivity index (χ3v) is 4.71. The lowest BCUT2D eigenvalue weighted by Gasteiger charge is -2.30. The summed E-state index contributed by atoms with van der Waals surface area (Å²) in [7, 11) is 0. The van der Waals surface area contributed by atoms with Gasteiger partial charge in [-0.3, -0.25) is 4.79 Å². The Kier molecular flexibility index (Phi) is 5.65. The molecule has 0 saturated carbocycles. The number of likely N-dealkylation sites (tertiary alicyclic amines) is 1. The minimum absolute atomic E-state index is 0.0136. The molecule has 1 aliphatic heterocycles. The van der Waals surface area contributed by atoms with Crippen LogP contribution < -0.4 is 5.32 Å². The molecule has 0 unspecified atom stereocenters. The molecule has 0 radical (unpaired) electrons. The first kappa shape index (κ1) is 16.7. The molecule has 1 aliphatic rings. The second kappa shape index (κ2) is 8.11. The van der Waals surface area contributed by atoms with E-state index in [0.29, 0.717) is 6.54 Å². The molecule has 0 aliphatic carbocycles. The Bertz CT molecular complexity index is 651. The molecule has 1 saturated heterocycles. The predicted octanol–water partition coefficient (Wildman–Crippen LogP) is 3.82. The summed E-state index contributed by atoms with van der Waals surface area (Å²) >= 11 is 0. The average molecular weight is 322 g/mol. The monoisotopic (exact) mass is 322 g/mol. The minimum atomic E-state index is 0.0136. The number of piperidine rings is 1. The molecule has 3 heteroatoms. The molecule has 1 heterocycles. The van der Waals surface area contributed by atoms with Gasteiger partial charge in [-0.1, -0.05) is 49.4 Å². The summed E-state index contributed by atoms with van der Waals surface area (Å²) in [5.41, 5.74) is 3.03. The van der Waals surface area contributed by atoms with Gasteiger partial charge in [-0.2, -0.15) is 0 Å². The van der Waals surface area contributed by atoms with Crippen LogP contribution in [-0.4, -0.2) is 37.0 Å². The molecule has 3 nitrogen and oxygen atoms in total.